The molecule has 1 rings (SSSR count). The van der Waals surface area contributed by atoms with E-state index in [4.69, 9.17) is 21.8 Å². The zero-order valence-electron chi connectivity index (χ0n) is 7.43. The summed E-state index contributed by atoms with van der Waals surface area (Å²) in [6.45, 7) is 5.64. The minimum Gasteiger partial charge on any atom is -0.504 e. The normalized spacial score (nSPS) is 8.67. The molecular weight excluding hydrogens is 176 g/mol. The molecule has 3 heteroatoms. The highest BCUT2D eigenvalue weighted by Crippen LogP contribution is 2.32. The number of benzene rings is 1. The molecule has 0 unspecified atom stereocenters. The summed E-state index contributed by atoms with van der Waals surface area (Å²) in [5, 5.41) is 18.4. The highest BCUT2D eigenvalue weighted by Gasteiger charge is 2.04. The predicted octanol–water partition coefficient (Wildman–Crippen LogP) is 3.09. The van der Waals surface area contributed by atoms with Crippen LogP contribution in [0.2, 0.25) is 5.02 Å². The van der Waals surface area contributed by atoms with Gasteiger partial charge in [0.25, 0.3) is 0 Å². The Morgan fingerprint density at radius 2 is 1.67 bits per heavy atom. The predicted molar refractivity (Wildman–Crippen MR) is 50.9 cm³/mol. The van der Waals surface area contributed by atoms with Crippen molar-refractivity contribution in [3.05, 3.63) is 22.7 Å². The molecule has 1 aromatic rings. The van der Waals surface area contributed by atoms with E-state index in [0.29, 0.717) is 10.6 Å². The van der Waals surface area contributed by atoms with Crippen LogP contribution in [-0.2, 0) is 0 Å². The first kappa shape index (κ1) is 11.1. The van der Waals surface area contributed by atoms with Gasteiger partial charge in [0.2, 0.25) is 0 Å². The largest absolute Gasteiger partial charge is 0.504 e. The summed E-state index contributed by atoms with van der Waals surface area (Å²) in [4.78, 5) is 0. The van der Waals surface area contributed by atoms with Crippen molar-refractivity contribution in [2.45, 2.75) is 20.8 Å². The Morgan fingerprint density at radius 3 is 2.08 bits per heavy atom. The molecule has 0 amide bonds. The average molecular weight is 189 g/mol. The maximum atomic E-state index is 9.05. The fraction of sp³-hybridized carbons (Fsp3) is 0.333. The number of hydrogen-bond acceptors (Lipinski definition) is 2. The van der Waals surface area contributed by atoms with Gasteiger partial charge in [-0.2, -0.15) is 0 Å². The van der Waals surface area contributed by atoms with Crippen LogP contribution in [0.4, 0.5) is 0 Å². The quantitative estimate of drug-likeness (QED) is 0.615. The van der Waals surface area contributed by atoms with Gasteiger partial charge in [-0.25, -0.2) is 0 Å². The number of halogens is 1. The minimum absolute atomic E-state index is 0.137. The minimum atomic E-state index is -0.146. The summed E-state index contributed by atoms with van der Waals surface area (Å²) < 4.78 is 0. The molecule has 2 N–H and O–H groups in total. The molecule has 0 heterocycles. The summed E-state index contributed by atoms with van der Waals surface area (Å²) >= 11 is 5.61. The van der Waals surface area contributed by atoms with Crippen LogP contribution in [0.5, 0.6) is 11.5 Å². The van der Waals surface area contributed by atoms with Crippen molar-refractivity contribution >= 4 is 11.6 Å². The van der Waals surface area contributed by atoms with Crippen LogP contribution in [0.25, 0.3) is 0 Å². The van der Waals surface area contributed by atoms with Crippen molar-refractivity contribution in [1.29, 1.82) is 0 Å². The Labute approximate surface area is 77.4 Å². The fourth-order valence-electron chi connectivity index (χ4n) is 0.661. The molecule has 0 aliphatic rings. The van der Waals surface area contributed by atoms with E-state index in [-0.39, 0.29) is 11.5 Å². The van der Waals surface area contributed by atoms with Crippen LogP contribution in [0.15, 0.2) is 12.1 Å². The molecule has 12 heavy (non-hydrogen) atoms. The van der Waals surface area contributed by atoms with Gasteiger partial charge in [0.05, 0.1) is 0 Å². The van der Waals surface area contributed by atoms with Gasteiger partial charge in [-0.05, 0) is 19.1 Å². The third kappa shape index (κ3) is 2.31. The van der Waals surface area contributed by atoms with E-state index >= 15 is 0 Å². The van der Waals surface area contributed by atoms with Gasteiger partial charge >= 0.3 is 0 Å². The van der Waals surface area contributed by atoms with Gasteiger partial charge in [-0.15, -0.1) is 0 Å². The molecule has 0 fully saturated rings. The molecule has 0 atom stereocenters. The highest BCUT2D eigenvalue weighted by molar-refractivity contribution is 6.31. The number of hydrogen-bond donors (Lipinski definition) is 2. The molecule has 0 saturated heterocycles. The van der Waals surface area contributed by atoms with Crippen LogP contribution in [0, 0.1) is 6.92 Å². The maximum Gasteiger partial charge on any atom is 0.161 e. The topological polar surface area (TPSA) is 40.5 Å². The number of phenolic OH excluding ortho intramolecular Hbond substituents is 2. The van der Waals surface area contributed by atoms with Crippen LogP contribution in [-0.4, -0.2) is 10.2 Å². The molecule has 68 valence electrons. The molecule has 0 aliphatic heterocycles. The first-order valence-corrected chi connectivity index (χ1v) is 4.17. The van der Waals surface area contributed by atoms with Crippen molar-refractivity contribution in [3.8, 4) is 11.5 Å². The Bertz CT molecular complexity index is 232. The third-order valence-electron chi connectivity index (χ3n) is 1.34. The molecule has 1 aromatic carbocycles. The third-order valence-corrected chi connectivity index (χ3v) is 1.75. The second-order valence-corrected chi connectivity index (χ2v) is 2.45. The highest BCUT2D eigenvalue weighted by atomic mass is 35.5. The molecule has 0 saturated carbocycles. The summed E-state index contributed by atoms with van der Waals surface area (Å²) in [5.74, 6) is -0.283. The van der Waals surface area contributed by atoms with Crippen LogP contribution < -0.4 is 0 Å². The lowest BCUT2D eigenvalue weighted by Gasteiger charge is -2.01. The molecular formula is C9H13ClO2. The van der Waals surface area contributed by atoms with Crippen molar-refractivity contribution in [2.24, 2.45) is 0 Å². The van der Waals surface area contributed by atoms with Gasteiger partial charge in [0.15, 0.2) is 11.5 Å². The van der Waals surface area contributed by atoms with Crippen LogP contribution in [0.1, 0.15) is 19.4 Å². The Hall–Kier alpha value is -0.890. The van der Waals surface area contributed by atoms with Gasteiger partial charge in [0.1, 0.15) is 0 Å². The van der Waals surface area contributed by atoms with E-state index in [1.165, 1.54) is 12.1 Å². The first-order chi connectivity index (χ1) is 5.63. The molecule has 0 spiro atoms. The van der Waals surface area contributed by atoms with Crippen LogP contribution >= 0.6 is 11.6 Å². The molecule has 2 nitrogen and oxygen atoms in total. The van der Waals surface area contributed by atoms with Gasteiger partial charge in [-0.1, -0.05) is 25.4 Å². The summed E-state index contributed by atoms with van der Waals surface area (Å²) in [6, 6.07) is 2.89. The Kier molecular flexibility index (Phi) is 4.52. The zero-order valence-corrected chi connectivity index (χ0v) is 8.18. The SMILES string of the molecule is CC.Cc1c(Cl)ccc(O)c1O. The van der Waals surface area contributed by atoms with Gasteiger partial charge in [-0.3, -0.25) is 0 Å². The van der Waals surface area contributed by atoms with Crippen molar-refractivity contribution in [1.82, 2.24) is 0 Å². The van der Waals surface area contributed by atoms with E-state index in [1.807, 2.05) is 13.8 Å². The van der Waals surface area contributed by atoms with Crippen LogP contribution in [0.3, 0.4) is 0 Å². The van der Waals surface area contributed by atoms with Crippen molar-refractivity contribution < 1.29 is 10.2 Å². The molecule has 0 aromatic heterocycles. The van der Waals surface area contributed by atoms with Gasteiger partial charge in [0, 0.05) is 10.6 Å². The smallest absolute Gasteiger partial charge is 0.161 e. The summed E-state index contributed by atoms with van der Waals surface area (Å²) in [7, 11) is 0. The Morgan fingerprint density at radius 1 is 1.17 bits per heavy atom. The number of aromatic hydroxyl groups is 2. The summed E-state index contributed by atoms with van der Waals surface area (Å²) in [5.41, 5.74) is 0.502. The monoisotopic (exact) mass is 188 g/mol. The standard InChI is InChI=1S/C7H7ClO2.C2H6/c1-4-5(8)2-3-6(9)7(4)10;1-2/h2-3,9-10H,1H3;1-2H3. The molecule has 0 radical (unpaired) electrons. The van der Waals surface area contributed by atoms with E-state index in [2.05, 4.69) is 0 Å². The second kappa shape index (κ2) is 4.88. The molecule has 0 bridgehead atoms. The van der Waals surface area contributed by atoms with E-state index in [0.717, 1.165) is 0 Å². The van der Waals surface area contributed by atoms with E-state index < -0.39 is 0 Å². The Balaban J connectivity index is 0.000000561. The summed E-state index contributed by atoms with van der Waals surface area (Å²) in [6.07, 6.45) is 0. The van der Waals surface area contributed by atoms with E-state index in [1.54, 1.807) is 6.92 Å². The number of phenols is 2. The van der Waals surface area contributed by atoms with E-state index in [9.17, 15) is 0 Å². The maximum absolute atomic E-state index is 9.05. The van der Waals surface area contributed by atoms with Gasteiger partial charge < -0.3 is 10.2 Å². The second-order valence-electron chi connectivity index (χ2n) is 2.04. The average Bonchev–Trinajstić information content (AvgIpc) is 2.12. The number of rotatable bonds is 0. The van der Waals surface area contributed by atoms with Crippen molar-refractivity contribution in [2.75, 3.05) is 0 Å². The lowest BCUT2D eigenvalue weighted by molar-refractivity contribution is 0.401. The first-order valence-electron chi connectivity index (χ1n) is 3.80. The zero-order chi connectivity index (χ0) is 9.72. The lowest BCUT2D eigenvalue weighted by atomic mass is 10.2. The fourth-order valence-corrected chi connectivity index (χ4v) is 0.814. The lowest BCUT2D eigenvalue weighted by Crippen LogP contribution is -1.76. The molecule has 0 aliphatic carbocycles. The van der Waals surface area contributed by atoms with Crippen molar-refractivity contribution in [3.63, 3.8) is 0 Å².